The predicted molar refractivity (Wildman–Crippen MR) is 127 cm³/mol. The Balaban J connectivity index is 1.45. The second-order valence-electron chi connectivity index (χ2n) is 8.49. The predicted octanol–water partition coefficient (Wildman–Crippen LogP) is 3.35. The molecule has 0 radical (unpaired) electrons. The van der Waals surface area contributed by atoms with Gasteiger partial charge in [-0.1, -0.05) is 12.1 Å². The minimum atomic E-state index is -2.89. The molecule has 1 atom stereocenters. The van der Waals surface area contributed by atoms with Gasteiger partial charge in [-0.05, 0) is 18.6 Å². The molecule has 12 heteroatoms. The number of nitrogens with zero attached hydrogens (tertiary/aromatic N) is 4. The second-order valence-corrected chi connectivity index (χ2v) is 8.49. The maximum atomic E-state index is 13.5. The highest BCUT2D eigenvalue weighted by Crippen LogP contribution is 2.34. The fourth-order valence-electron chi connectivity index (χ4n) is 4.18. The Kier molecular flexibility index (Phi) is 5.59. The zero-order valence-electron chi connectivity index (χ0n) is 19.3. The number of fused-ring (bicyclic) bond motifs is 1. The van der Waals surface area contributed by atoms with Gasteiger partial charge in [-0.15, -0.1) is 5.10 Å². The van der Waals surface area contributed by atoms with Crippen molar-refractivity contribution in [2.24, 2.45) is 7.05 Å². The van der Waals surface area contributed by atoms with E-state index in [4.69, 9.17) is 9.72 Å². The molecule has 0 spiro atoms. The molecular formula is C23H24F2N8O2. The van der Waals surface area contributed by atoms with Crippen molar-refractivity contribution in [3.63, 3.8) is 0 Å². The number of halogens is 2. The van der Waals surface area contributed by atoms with Crippen molar-refractivity contribution in [1.82, 2.24) is 30.0 Å². The first-order chi connectivity index (χ1) is 16.7. The number of anilines is 3. The molecule has 0 unspecified atom stereocenters. The number of benzene rings is 1. The van der Waals surface area contributed by atoms with Gasteiger partial charge in [0.05, 0.1) is 42.8 Å². The Labute approximate surface area is 199 Å². The molecule has 4 aromatic rings. The van der Waals surface area contributed by atoms with Crippen molar-refractivity contribution in [1.29, 1.82) is 0 Å². The molecule has 5 rings (SSSR count). The van der Waals surface area contributed by atoms with E-state index < -0.39 is 30.8 Å². The van der Waals surface area contributed by atoms with Crippen LogP contribution in [0.3, 0.4) is 0 Å². The van der Waals surface area contributed by atoms with Gasteiger partial charge in [0.1, 0.15) is 5.69 Å². The molecule has 0 saturated carbocycles. The van der Waals surface area contributed by atoms with Crippen molar-refractivity contribution in [3.8, 4) is 17.1 Å². The number of hydrogen-bond donors (Lipinski definition) is 4. The average molecular weight is 482 g/mol. The van der Waals surface area contributed by atoms with Crippen LogP contribution in [0.5, 0.6) is 5.88 Å². The molecule has 35 heavy (non-hydrogen) atoms. The summed E-state index contributed by atoms with van der Waals surface area (Å²) in [7, 11) is 3.32. The van der Waals surface area contributed by atoms with Gasteiger partial charge >= 0.3 is 0 Å². The largest absolute Gasteiger partial charge is 0.478 e. The van der Waals surface area contributed by atoms with E-state index in [1.807, 2.05) is 13.0 Å². The summed E-state index contributed by atoms with van der Waals surface area (Å²) < 4.78 is 33.9. The molecule has 1 saturated heterocycles. The highest BCUT2D eigenvalue weighted by molar-refractivity contribution is 6.06. The monoisotopic (exact) mass is 482 g/mol. The zero-order chi connectivity index (χ0) is 24.7. The van der Waals surface area contributed by atoms with Gasteiger partial charge in [-0.2, -0.15) is 0 Å². The molecule has 1 aliphatic heterocycles. The van der Waals surface area contributed by atoms with Gasteiger partial charge < -0.3 is 20.4 Å². The first kappa shape index (κ1) is 22.7. The summed E-state index contributed by atoms with van der Waals surface area (Å²) >= 11 is 0. The van der Waals surface area contributed by atoms with Crippen LogP contribution >= 0.6 is 0 Å². The van der Waals surface area contributed by atoms with Crippen molar-refractivity contribution < 1.29 is 18.3 Å². The number of H-pyrrole nitrogens is 1. The lowest BCUT2D eigenvalue weighted by Gasteiger charge is -2.12. The molecule has 1 aliphatic rings. The van der Waals surface area contributed by atoms with Gasteiger partial charge in [0.15, 0.2) is 0 Å². The van der Waals surface area contributed by atoms with Crippen LogP contribution in [0.25, 0.3) is 22.2 Å². The summed E-state index contributed by atoms with van der Waals surface area (Å²) in [5, 5.41) is 13.5. The van der Waals surface area contributed by atoms with Crippen LogP contribution in [0, 0.1) is 6.92 Å². The summed E-state index contributed by atoms with van der Waals surface area (Å²) in [6.45, 7) is 1.40. The number of nitrogens with one attached hydrogen (secondary N) is 4. The Morgan fingerprint density at radius 1 is 1.31 bits per heavy atom. The fraction of sp³-hybridized carbons (Fsp3) is 0.304. The van der Waals surface area contributed by atoms with E-state index in [-0.39, 0.29) is 0 Å². The summed E-state index contributed by atoms with van der Waals surface area (Å²) in [4.78, 5) is 24.8. The topological polar surface area (TPSA) is 122 Å². The lowest BCUT2D eigenvalue weighted by Crippen LogP contribution is -2.35. The number of aryl methyl sites for hydroxylation is 2. The van der Waals surface area contributed by atoms with Crippen molar-refractivity contribution in [2.75, 3.05) is 24.3 Å². The molecule has 0 bridgehead atoms. The molecule has 182 valence electrons. The number of aromatic amines is 1. The standard InChI is InChI=1S/C23H24F2N8O2/c1-12-8-27-22(30-17-10-33(2)32-21(17)35-3)31-18(12)14-9-26-19-13(14)5-4-6-15(19)29-20(34)16-7-23(24,25)11-28-16/h4-6,8-10,16,26,28H,7,11H2,1-3H3,(H,29,34)(H,27,30,31)/t16-/m1/s1. The third-order valence-corrected chi connectivity index (χ3v) is 5.86. The average Bonchev–Trinajstić information content (AvgIpc) is 3.51. The van der Waals surface area contributed by atoms with E-state index >= 15 is 0 Å². The van der Waals surface area contributed by atoms with E-state index in [0.29, 0.717) is 34.4 Å². The van der Waals surface area contributed by atoms with Crippen LogP contribution in [0.1, 0.15) is 12.0 Å². The van der Waals surface area contributed by atoms with E-state index in [2.05, 4.69) is 31.0 Å². The van der Waals surface area contributed by atoms with Crippen LogP contribution in [-0.4, -0.2) is 56.3 Å². The normalized spacial score (nSPS) is 17.0. The second kappa shape index (κ2) is 8.62. The minimum Gasteiger partial charge on any atom is -0.478 e. The molecule has 4 N–H and O–H groups in total. The summed E-state index contributed by atoms with van der Waals surface area (Å²) in [6, 6.07) is 4.47. The number of aromatic nitrogens is 5. The van der Waals surface area contributed by atoms with Gasteiger partial charge in [0, 0.05) is 36.8 Å². The number of ether oxygens (including phenoxy) is 1. The number of rotatable bonds is 6. The fourth-order valence-corrected chi connectivity index (χ4v) is 4.18. The number of amides is 1. The highest BCUT2D eigenvalue weighted by Gasteiger charge is 2.42. The van der Waals surface area contributed by atoms with Crippen molar-refractivity contribution in [2.45, 2.75) is 25.3 Å². The van der Waals surface area contributed by atoms with Crippen LogP contribution in [0.4, 0.5) is 26.1 Å². The molecule has 0 aliphatic carbocycles. The van der Waals surface area contributed by atoms with Crippen molar-refractivity contribution >= 4 is 34.1 Å². The Morgan fingerprint density at radius 2 is 2.14 bits per heavy atom. The number of hydrogen-bond acceptors (Lipinski definition) is 7. The minimum absolute atomic E-state index is 0.365. The smallest absolute Gasteiger partial charge is 0.262 e. The SMILES string of the molecule is COc1nn(C)cc1Nc1ncc(C)c(-c2c[nH]c3c(NC(=O)[C@H]4CC(F)(F)CN4)cccc23)n1. The number of methoxy groups -OCH3 is 1. The van der Waals surface area contributed by atoms with Gasteiger partial charge in [0.2, 0.25) is 11.9 Å². The van der Waals surface area contributed by atoms with Gasteiger partial charge in [-0.3, -0.25) is 14.8 Å². The lowest BCUT2D eigenvalue weighted by atomic mass is 10.1. The Hall–Kier alpha value is -4.06. The highest BCUT2D eigenvalue weighted by atomic mass is 19.3. The van der Waals surface area contributed by atoms with Crippen LogP contribution in [0.15, 0.2) is 36.8 Å². The van der Waals surface area contributed by atoms with E-state index in [9.17, 15) is 13.6 Å². The van der Waals surface area contributed by atoms with E-state index in [1.54, 1.807) is 42.5 Å². The van der Waals surface area contributed by atoms with E-state index in [1.165, 1.54) is 7.11 Å². The number of alkyl halides is 2. The van der Waals surface area contributed by atoms with Crippen LogP contribution < -0.4 is 20.7 Å². The van der Waals surface area contributed by atoms with Gasteiger partial charge in [0.25, 0.3) is 11.8 Å². The number of carbonyl (C=O) groups excluding carboxylic acids is 1. The molecule has 1 amide bonds. The molecular weight excluding hydrogens is 458 g/mol. The lowest BCUT2D eigenvalue weighted by molar-refractivity contribution is -0.118. The maximum absolute atomic E-state index is 13.5. The molecule has 10 nitrogen and oxygen atoms in total. The third kappa shape index (κ3) is 4.39. The first-order valence-electron chi connectivity index (χ1n) is 10.9. The van der Waals surface area contributed by atoms with Gasteiger partial charge in [-0.25, -0.2) is 18.7 Å². The molecule has 4 heterocycles. The maximum Gasteiger partial charge on any atom is 0.262 e. The Morgan fingerprint density at radius 3 is 2.89 bits per heavy atom. The Bertz CT molecular complexity index is 1410. The molecule has 1 aromatic carbocycles. The third-order valence-electron chi connectivity index (χ3n) is 5.86. The molecule has 1 fully saturated rings. The number of carbonyl (C=O) groups is 1. The summed E-state index contributed by atoms with van der Waals surface area (Å²) in [5.41, 5.74) is 4.14. The summed E-state index contributed by atoms with van der Waals surface area (Å²) in [5.74, 6) is -2.60. The van der Waals surface area contributed by atoms with E-state index in [0.717, 1.165) is 16.5 Å². The number of para-hydroxylation sites is 1. The first-order valence-corrected chi connectivity index (χ1v) is 10.9. The molecule has 3 aromatic heterocycles. The summed E-state index contributed by atoms with van der Waals surface area (Å²) in [6.07, 6.45) is 4.75. The van der Waals surface area contributed by atoms with Crippen molar-refractivity contribution in [3.05, 3.63) is 42.4 Å². The van der Waals surface area contributed by atoms with Crippen LogP contribution in [0.2, 0.25) is 0 Å². The van der Waals surface area contributed by atoms with Crippen LogP contribution in [-0.2, 0) is 11.8 Å². The quantitative estimate of drug-likeness (QED) is 0.332. The zero-order valence-corrected chi connectivity index (χ0v) is 19.3.